The third kappa shape index (κ3) is 3.06. The van der Waals surface area contributed by atoms with Crippen molar-refractivity contribution < 1.29 is 13.2 Å². The maximum atomic E-state index is 12.7. The van der Waals surface area contributed by atoms with E-state index in [0.717, 1.165) is 22.0 Å². The minimum absolute atomic E-state index is 0.0661. The van der Waals surface area contributed by atoms with Gasteiger partial charge in [-0.3, -0.25) is 4.79 Å². The highest BCUT2D eigenvalue weighted by molar-refractivity contribution is 7.90. The molecule has 1 aromatic carbocycles. The number of likely N-dealkylation sites (tertiary alicyclic amines) is 1. The van der Waals surface area contributed by atoms with Crippen molar-refractivity contribution in [2.75, 3.05) is 20.1 Å². The quantitative estimate of drug-likeness (QED) is 0.888. The summed E-state index contributed by atoms with van der Waals surface area (Å²) >= 11 is 0. The lowest BCUT2D eigenvalue weighted by atomic mass is 10.1. The molecule has 7 heteroatoms. The molecule has 0 unspecified atom stereocenters. The molecule has 3 rings (SSSR count). The Morgan fingerprint density at radius 2 is 1.88 bits per heavy atom. The van der Waals surface area contributed by atoms with Gasteiger partial charge < -0.3 is 9.88 Å². The summed E-state index contributed by atoms with van der Waals surface area (Å²) in [6.45, 7) is 4.98. The van der Waals surface area contributed by atoms with Crippen molar-refractivity contribution in [2.24, 2.45) is 0 Å². The van der Waals surface area contributed by atoms with Crippen LogP contribution in [-0.2, 0) is 10.0 Å². The number of hydrogen-bond acceptors (Lipinski definition) is 3. The molecule has 0 atom stereocenters. The number of nitrogens with one attached hydrogen (secondary N) is 2. The molecule has 0 saturated carbocycles. The first kappa shape index (κ1) is 17.0. The monoisotopic (exact) mass is 349 g/mol. The van der Waals surface area contributed by atoms with Crippen LogP contribution in [0.5, 0.6) is 0 Å². The van der Waals surface area contributed by atoms with E-state index in [4.69, 9.17) is 0 Å². The Balaban J connectivity index is 1.78. The summed E-state index contributed by atoms with van der Waals surface area (Å²) in [4.78, 5) is 17.7. The number of rotatable bonds is 3. The molecule has 2 heterocycles. The minimum Gasteiger partial charge on any atom is -0.351 e. The summed E-state index contributed by atoms with van der Waals surface area (Å²) < 4.78 is 26.1. The van der Waals surface area contributed by atoms with E-state index in [9.17, 15) is 13.2 Å². The highest BCUT2D eigenvalue weighted by atomic mass is 32.2. The van der Waals surface area contributed by atoms with Gasteiger partial charge in [-0.1, -0.05) is 6.07 Å². The lowest BCUT2D eigenvalue weighted by Gasteiger charge is -2.31. The van der Waals surface area contributed by atoms with Gasteiger partial charge >= 0.3 is 0 Å². The lowest BCUT2D eigenvalue weighted by Crippen LogP contribution is -2.44. The molecule has 1 aliphatic heterocycles. The summed E-state index contributed by atoms with van der Waals surface area (Å²) in [5.41, 5.74) is 3.81. The lowest BCUT2D eigenvalue weighted by molar-refractivity contribution is 0.0720. The first-order valence-electron chi connectivity index (χ1n) is 8.13. The van der Waals surface area contributed by atoms with Crippen molar-refractivity contribution in [1.29, 1.82) is 0 Å². The number of nitrogens with zero attached hydrogens (tertiary/aromatic N) is 1. The van der Waals surface area contributed by atoms with Gasteiger partial charge in [-0.25, -0.2) is 13.1 Å². The number of hydrogen-bond donors (Lipinski definition) is 2. The van der Waals surface area contributed by atoms with E-state index < -0.39 is 15.3 Å². The van der Waals surface area contributed by atoms with Crippen molar-refractivity contribution in [3.8, 4) is 0 Å². The number of carbonyl (C=O) groups excluding carboxylic acids is 1. The molecule has 24 heavy (non-hydrogen) atoms. The van der Waals surface area contributed by atoms with E-state index in [1.807, 2.05) is 26.0 Å². The van der Waals surface area contributed by atoms with Crippen LogP contribution >= 0.6 is 0 Å². The Kier molecular flexibility index (Phi) is 4.40. The van der Waals surface area contributed by atoms with Gasteiger partial charge in [0.2, 0.25) is 10.0 Å². The van der Waals surface area contributed by atoms with Gasteiger partial charge in [0.05, 0.1) is 5.25 Å². The third-order valence-electron chi connectivity index (χ3n) is 4.77. The first-order valence-corrected chi connectivity index (χ1v) is 9.68. The number of piperidine rings is 1. The van der Waals surface area contributed by atoms with Crippen molar-refractivity contribution in [3.63, 3.8) is 0 Å². The van der Waals surface area contributed by atoms with Crippen molar-refractivity contribution in [3.05, 3.63) is 35.0 Å². The Bertz CT molecular complexity index is 878. The number of aromatic amines is 1. The number of fused-ring (bicyclic) bond motifs is 1. The summed E-state index contributed by atoms with van der Waals surface area (Å²) in [6, 6.07) is 6.02. The second kappa shape index (κ2) is 6.22. The number of H-pyrrole nitrogens is 1. The molecule has 2 N–H and O–H groups in total. The number of sulfonamides is 1. The van der Waals surface area contributed by atoms with Crippen LogP contribution in [0.4, 0.5) is 0 Å². The van der Waals surface area contributed by atoms with Crippen molar-refractivity contribution in [1.82, 2.24) is 14.6 Å². The number of aryl methyl sites for hydroxylation is 2. The molecule has 0 bridgehead atoms. The second-order valence-corrected chi connectivity index (χ2v) is 8.63. The molecule has 0 spiro atoms. The SMILES string of the molecule is CNS(=O)(=O)C1CCN(C(=O)c2cc3c(C)cc(C)cc3[nH]2)CC1. The van der Waals surface area contributed by atoms with E-state index in [0.29, 0.717) is 31.6 Å². The zero-order chi connectivity index (χ0) is 17.5. The molecule has 0 radical (unpaired) electrons. The Morgan fingerprint density at radius 3 is 2.50 bits per heavy atom. The van der Waals surface area contributed by atoms with Crippen LogP contribution in [0.1, 0.15) is 34.5 Å². The Labute approximate surface area is 142 Å². The number of aromatic nitrogens is 1. The smallest absolute Gasteiger partial charge is 0.270 e. The van der Waals surface area contributed by atoms with Crippen LogP contribution in [-0.4, -0.2) is 49.6 Å². The third-order valence-corrected chi connectivity index (χ3v) is 6.69. The second-order valence-electron chi connectivity index (χ2n) is 6.47. The summed E-state index contributed by atoms with van der Waals surface area (Å²) in [5, 5.41) is 0.635. The normalized spacial score (nSPS) is 16.7. The molecule has 2 aromatic rings. The van der Waals surface area contributed by atoms with E-state index in [-0.39, 0.29) is 5.91 Å². The maximum absolute atomic E-state index is 12.7. The first-order chi connectivity index (χ1) is 11.3. The standard InChI is InChI=1S/C17H23N3O3S/c1-11-8-12(2)14-10-16(19-15(14)9-11)17(21)20-6-4-13(5-7-20)24(22,23)18-3/h8-10,13,18-19H,4-7H2,1-3H3. The fourth-order valence-electron chi connectivity index (χ4n) is 3.42. The van der Waals surface area contributed by atoms with Crippen LogP contribution in [0.25, 0.3) is 10.9 Å². The highest BCUT2D eigenvalue weighted by Gasteiger charge is 2.31. The van der Waals surface area contributed by atoms with Gasteiger partial charge in [0.25, 0.3) is 5.91 Å². The van der Waals surface area contributed by atoms with Crippen LogP contribution in [0.15, 0.2) is 18.2 Å². The van der Waals surface area contributed by atoms with Gasteiger partial charge in [0.1, 0.15) is 5.69 Å². The molecule has 0 aliphatic carbocycles. The number of amides is 1. The van der Waals surface area contributed by atoms with Gasteiger partial charge in [-0.15, -0.1) is 0 Å². The maximum Gasteiger partial charge on any atom is 0.270 e. The van der Waals surface area contributed by atoms with Gasteiger partial charge in [0.15, 0.2) is 0 Å². The van der Waals surface area contributed by atoms with Gasteiger partial charge in [-0.2, -0.15) is 0 Å². The Morgan fingerprint density at radius 1 is 1.21 bits per heavy atom. The molecule has 1 aromatic heterocycles. The van der Waals surface area contributed by atoms with Crippen LogP contribution < -0.4 is 4.72 Å². The van der Waals surface area contributed by atoms with Crippen LogP contribution in [0, 0.1) is 13.8 Å². The molecule has 130 valence electrons. The largest absolute Gasteiger partial charge is 0.351 e. The molecule has 1 aliphatic rings. The summed E-state index contributed by atoms with van der Waals surface area (Å²) in [7, 11) is -1.83. The average Bonchev–Trinajstić information content (AvgIpc) is 2.98. The van der Waals surface area contributed by atoms with E-state index >= 15 is 0 Å². The van der Waals surface area contributed by atoms with Crippen molar-refractivity contribution >= 4 is 26.8 Å². The number of carbonyl (C=O) groups is 1. The zero-order valence-electron chi connectivity index (χ0n) is 14.2. The van der Waals surface area contributed by atoms with Crippen LogP contribution in [0.2, 0.25) is 0 Å². The highest BCUT2D eigenvalue weighted by Crippen LogP contribution is 2.24. The van der Waals surface area contributed by atoms with E-state index in [1.54, 1.807) is 4.90 Å². The topological polar surface area (TPSA) is 82.3 Å². The average molecular weight is 349 g/mol. The predicted octanol–water partition coefficient (Wildman–Crippen LogP) is 1.94. The minimum atomic E-state index is -3.26. The Hall–Kier alpha value is -1.86. The van der Waals surface area contributed by atoms with Crippen LogP contribution in [0.3, 0.4) is 0 Å². The molecule has 1 saturated heterocycles. The van der Waals surface area contributed by atoms with Gasteiger partial charge in [-0.05, 0) is 57.0 Å². The molecular weight excluding hydrogens is 326 g/mol. The molecule has 1 amide bonds. The molecular formula is C17H23N3O3S. The number of benzene rings is 1. The molecule has 6 nitrogen and oxygen atoms in total. The summed E-state index contributed by atoms with van der Waals surface area (Å²) in [5.74, 6) is -0.0661. The zero-order valence-corrected chi connectivity index (χ0v) is 15.0. The van der Waals surface area contributed by atoms with Crippen molar-refractivity contribution in [2.45, 2.75) is 31.9 Å². The molecule has 1 fully saturated rings. The fraction of sp³-hybridized carbons (Fsp3) is 0.471. The fourth-order valence-corrected chi connectivity index (χ4v) is 4.59. The summed E-state index contributed by atoms with van der Waals surface area (Å²) in [6.07, 6.45) is 0.931. The van der Waals surface area contributed by atoms with E-state index in [1.165, 1.54) is 7.05 Å². The van der Waals surface area contributed by atoms with Gasteiger partial charge in [0, 0.05) is 24.0 Å². The predicted molar refractivity (Wildman–Crippen MR) is 94.7 cm³/mol. The van der Waals surface area contributed by atoms with E-state index in [2.05, 4.69) is 15.8 Å².